The molecule has 0 radical (unpaired) electrons. The highest BCUT2D eigenvalue weighted by molar-refractivity contribution is 5.83. The van der Waals surface area contributed by atoms with E-state index in [-0.39, 0.29) is 17.1 Å². The van der Waals surface area contributed by atoms with Crippen molar-refractivity contribution >= 4 is 11.7 Å². The van der Waals surface area contributed by atoms with Crippen LogP contribution in [-0.4, -0.2) is 18.2 Å². The van der Waals surface area contributed by atoms with Crippen molar-refractivity contribution in [2.45, 2.75) is 58.3 Å². The lowest BCUT2D eigenvalue weighted by Gasteiger charge is -2.55. The van der Waals surface area contributed by atoms with Crippen LogP contribution in [0, 0.1) is 23.2 Å². The minimum absolute atomic E-state index is 0.0367. The number of rotatable bonds is 5. The van der Waals surface area contributed by atoms with Crippen LogP contribution in [0.5, 0.6) is 0 Å². The molecule has 0 aromatic rings. The van der Waals surface area contributed by atoms with E-state index < -0.39 is 0 Å². The maximum atomic E-state index is 12.5. The van der Waals surface area contributed by atoms with E-state index in [0.717, 1.165) is 43.4 Å². The summed E-state index contributed by atoms with van der Waals surface area (Å²) in [5.74, 6) is 2.94. The third kappa shape index (κ3) is 2.56. The summed E-state index contributed by atoms with van der Waals surface area (Å²) in [6.45, 7) is 2.28. The maximum Gasteiger partial charge on any atom is 0.226 e. The van der Waals surface area contributed by atoms with Gasteiger partial charge in [-0.2, -0.15) is 0 Å². The lowest BCUT2D eigenvalue weighted by Crippen LogP contribution is -2.53. The Morgan fingerprint density at radius 3 is 2.05 bits per heavy atom. The fourth-order valence-electron chi connectivity index (χ4n) is 5.12. The molecular weight excluding hydrogens is 238 g/mol. The van der Waals surface area contributed by atoms with Gasteiger partial charge in [-0.1, -0.05) is 0 Å². The lowest BCUT2D eigenvalue weighted by molar-refractivity contribution is -0.146. The van der Waals surface area contributed by atoms with Gasteiger partial charge in [0.2, 0.25) is 5.91 Å². The molecule has 0 saturated heterocycles. The fourth-order valence-corrected chi connectivity index (χ4v) is 5.12. The molecule has 3 nitrogen and oxygen atoms in total. The van der Waals surface area contributed by atoms with E-state index in [9.17, 15) is 9.59 Å². The second-order valence-corrected chi connectivity index (χ2v) is 7.26. The number of hydrogen-bond acceptors (Lipinski definition) is 2. The van der Waals surface area contributed by atoms with Crippen molar-refractivity contribution in [1.82, 2.24) is 5.32 Å². The van der Waals surface area contributed by atoms with Crippen molar-refractivity contribution in [3.63, 3.8) is 0 Å². The van der Waals surface area contributed by atoms with Crippen molar-refractivity contribution in [3.8, 4) is 0 Å². The zero-order chi connectivity index (χ0) is 13.5. The molecule has 106 valence electrons. The van der Waals surface area contributed by atoms with E-state index in [0.29, 0.717) is 13.0 Å². The number of amides is 1. The third-order valence-electron chi connectivity index (χ3n) is 5.51. The SMILES string of the molecule is CC(=O)CCCNC(=O)C12CC3CC(CC(C3)C1)C2. The summed E-state index contributed by atoms with van der Waals surface area (Å²) < 4.78 is 0. The normalized spacial score (nSPS) is 39.3. The Labute approximate surface area is 115 Å². The molecule has 1 N–H and O–H groups in total. The number of carbonyl (C=O) groups excluding carboxylic acids is 2. The molecule has 1 amide bonds. The molecule has 4 fully saturated rings. The van der Waals surface area contributed by atoms with Crippen molar-refractivity contribution in [3.05, 3.63) is 0 Å². The van der Waals surface area contributed by atoms with Gasteiger partial charge in [-0.3, -0.25) is 4.79 Å². The van der Waals surface area contributed by atoms with E-state index in [4.69, 9.17) is 0 Å². The van der Waals surface area contributed by atoms with Crippen LogP contribution in [0.2, 0.25) is 0 Å². The minimum Gasteiger partial charge on any atom is -0.356 e. The summed E-state index contributed by atoms with van der Waals surface area (Å²) in [5, 5.41) is 3.10. The van der Waals surface area contributed by atoms with E-state index >= 15 is 0 Å². The van der Waals surface area contributed by atoms with Gasteiger partial charge in [0, 0.05) is 18.4 Å². The molecule has 0 aromatic heterocycles. The molecule has 0 aliphatic heterocycles. The van der Waals surface area contributed by atoms with Crippen molar-refractivity contribution in [2.75, 3.05) is 6.54 Å². The van der Waals surface area contributed by atoms with E-state index in [1.165, 1.54) is 19.3 Å². The fraction of sp³-hybridized carbons (Fsp3) is 0.875. The Bertz CT molecular complexity index is 353. The highest BCUT2D eigenvalue weighted by atomic mass is 16.2. The Kier molecular flexibility index (Phi) is 3.40. The maximum absolute atomic E-state index is 12.5. The van der Waals surface area contributed by atoms with Gasteiger partial charge in [-0.05, 0) is 69.6 Å². The average molecular weight is 263 g/mol. The summed E-state index contributed by atoms with van der Waals surface area (Å²) in [6.07, 6.45) is 8.85. The summed E-state index contributed by atoms with van der Waals surface area (Å²) >= 11 is 0. The van der Waals surface area contributed by atoms with Crippen LogP contribution in [-0.2, 0) is 9.59 Å². The molecule has 4 saturated carbocycles. The second kappa shape index (κ2) is 4.92. The first-order valence-corrected chi connectivity index (χ1v) is 7.85. The Morgan fingerprint density at radius 2 is 1.58 bits per heavy atom. The minimum atomic E-state index is -0.0367. The molecule has 4 bridgehead atoms. The molecule has 0 atom stereocenters. The van der Waals surface area contributed by atoms with Gasteiger partial charge < -0.3 is 10.1 Å². The topological polar surface area (TPSA) is 46.2 Å². The second-order valence-electron chi connectivity index (χ2n) is 7.26. The smallest absolute Gasteiger partial charge is 0.226 e. The first kappa shape index (κ1) is 13.1. The molecular formula is C16H25NO2. The molecule has 0 unspecified atom stereocenters. The predicted molar refractivity (Wildman–Crippen MR) is 73.5 cm³/mol. The molecule has 19 heavy (non-hydrogen) atoms. The zero-order valence-electron chi connectivity index (χ0n) is 11.9. The standard InChI is InChI=1S/C16H25NO2/c1-11(18)3-2-4-17-15(19)16-8-12-5-13(9-16)7-14(6-12)10-16/h12-14H,2-10H2,1H3,(H,17,19). The van der Waals surface area contributed by atoms with Crippen LogP contribution in [0.3, 0.4) is 0 Å². The van der Waals surface area contributed by atoms with Gasteiger partial charge in [0.15, 0.2) is 0 Å². The first-order chi connectivity index (χ1) is 9.07. The largest absolute Gasteiger partial charge is 0.356 e. The number of nitrogens with one attached hydrogen (secondary N) is 1. The highest BCUT2D eigenvalue weighted by Gasteiger charge is 2.54. The van der Waals surface area contributed by atoms with E-state index in [1.54, 1.807) is 6.92 Å². The van der Waals surface area contributed by atoms with Crippen molar-refractivity contribution < 1.29 is 9.59 Å². The van der Waals surface area contributed by atoms with Gasteiger partial charge in [0.1, 0.15) is 5.78 Å². The number of ketones is 1. The van der Waals surface area contributed by atoms with Crippen molar-refractivity contribution in [1.29, 1.82) is 0 Å². The van der Waals surface area contributed by atoms with Crippen LogP contribution >= 0.6 is 0 Å². The van der Waals surface area contributed by atoms with Crippen molar-refractivity contribution in [2.24, 2.45) is 23.2 Å². The number of hydrogen-bond donors (Lipinski definition) is 1. The van der Waals surface area contributed by atoms with E-state index in [1.807, 2.05) is 0 Å². The first-order valence-electron chi connectivity index (χ1n) is 7.85. The monoisotopic (exact) mass is 263 g/mol. The summed E-state index contributed by atoms with van der Waals surface area (Å²) in [4.78, 5) is 23.4. The molecule has 0 spiro atoms. The molecule has 0 aromatic carbocycles. The van der Waals surface area contributed by atoms with Crippen LogP contribution in [0.4, 0.5) is 0 Å². The molecule has 0 heterocycles. The van der Waals surface area contributed by atoms with E-state index in [2.05, 4.69) is 5.32 Å². The Hall–Kier alpha value is -0.860. The molecule has 4 aliphatic rings. The average Bonchev–Trinajstić information content (AvgIpc) is 2.32. The summed E-state index contributed by atoms with van der Waals surface area (Å²) in [7, 11) is 0. The van der Waals surface area contributed by atoms with Crippen LogP contribution in [0.15, 0.2) is 0 Å². The predicted octanol–water partition coefficient (Wildman–Crippen LogP) is 2.69. The number of Topliss-reactive ketones (excluding diaryl/α,β-unsaturated/α-hetero) is 1. The van der Waals surface area contributed by atoms with Crippen LogP contribution in [0.25, 0.3) is 0 Å². The summed E-state index contributed by atoms with van der Waals surface area (Å²) in [5.41, 5.74) is -0.0367. The van der Waals surface area contributed by atoms with Gasteiger partial charge in [0.05, 0.1) is 0 Å². The lowest BCUT2D eigenvalue weighted by atomic mass is 9.49. The molecule has 4 aliphatic carbocycles. The Morgan fingerprint density at radius 1 is 1.05 bits per heavy atom. The quantitative estimate of drug-likeness (QED) is 0.775. The Balaban J connectivity index is 1.56. The molecule has 4 rings (SSSR count). The third-order valence-corrected chi connectivity index (χ3v) is 5.51. The molecule has 3 heteroatoms. The number of carbonyl (C=O) groups is 2. The zero-order valence-corrected chi connectivity index (χ0v) is 11.9. The van der Waals surface area contributed by atoms with Gasteiger partial charge in [-0.15, -0.1) is 0 Å². The van der Waals surface area contributed by atoms with Crippen LogP contribution < -0.4 is 5.32 Å². The highest BCUT2D eigenvalue weighted by Crippen LogP contribution is 2.60. The van der Waals surface area contributed by atoms with Crippen LogP contribution in [0.1, 0.15) is 58.3 Å². The summed E-state index contributed by atoms with van der Waals surface area (Å²) in [6, 6.07) is 0. The van der Waals surface area contributed by atoms with Gasteiger partial charge >= 0.3 is 0 Å². The van der Waals surface area contributed by atoms with Gasteiger partial charge in [0.25, 0.3) is 0 Å². The van der Waals surface area contributed by atoms with Gasteiger partial charge in [-0.25, -0.2) is 0 Å².